The standard InChI is InChI=1S/C17H20N4O/c1-21-10-16(20-12-21)14-9-18-11-19-15(14)7-8-17(22)13-5-3-2-4-6-13/h7-13H,2-6H2,1H3/b8-7+. The number of aromatic nitrogens is 4. The van der Waals surface area contributed by atoms with Gasteiger partial charge >= 0.3 is 0 Å². The van der Waals surface area contributed by atoms with Gasteiger partial charge in [0.05, 0.1) is 17.7 Å². The molecule has 0 atom stereocenters. The molecule has 2 heterocycles. The van der Waals surface area contributed by atoms with Gasteiger partial charge < -0.3 is 4.57 Å². The van der Waals surface area contributed by atoms with E-state index < -0.39 is 0 Å². The van der Waals surface area contributed by atoms with Gasteiger partial charge in [0.25, 0.3) is 0 Å². The minimum absolute atomic E-state index is 0.185. The number of aryl methyl sites for hydroxylation is 1. The summed E-state index contributed by atoms with van der Waals surface area (Å²) in [6.45, 7) is 0. The van der Waals surface area contributed by atoms with Gasteiger partial charge in [-0.3, -0.25) is 4.79 Å². The monoisotopic (exact) mass is 296 g/mol. The Labute approximate surface area is 130 Å². The zero-order valence-corrected chi connectivity index (χ0v) is 12.8. The highest BCUT2D eigenvalue weighted by Crippen LogP contribution is 2.25. The molecule has 2 aromatic rings. The Hall–Kier alpha value is -2.30. The van der Waals surface area contributed by atoms with Gasteiger partial charge in [-0.05, 0) is 25.0 Å². The quantitative estimate of drug-likeness (QED) is 0.814. The minimum Gasteiger partial charge on any atom is -0.340 e. The summed E-state index contributed by atoms with van der Waals surface area (Å²) in [5, 5.41) is 0. The Morgan fingerprint density at radius 2 is 2.09 bits per heavy atom. The molecule has 1 fully saturated rings. The Balaban J connectivity index is 1.80. The van der Waals surface area contributed by atoms with Crippen molar-refractivity contribution in [3.8, 4) is 11.3 Å². The number of carbonyl (C=O) groups is 1. The molecule has 5 heteroatoms. The second-order valence-electron chi connectivity index (χ2n) is 5.82. The second-order valence-corrected chi connectivity index (χ2v) is 5.82. The van der Waals surface area contributed by atoms with Crippen molar-refractivity contribution in [1.29, 1.82) is 0 Å². The van der Waals surface area contributed by atoms with Crippen LogP contribution in [0.2, 0.25) is 0 Å². The minimum atomic E-state index is 0.185. The highest BCUT2D eigenvalue weighted by Gasteiger charge is 2.19. The van der Waals surface area contributed by atoms with Crippen molar-refractivity contribution >= 4 is 11.9 Å². The van der Waals surface area contributed by atoms with E-state index in [4.69, 9.17) is 0 Å². The highest BCUT2D eigenvalue weighted by molar-refractivity contribution is 5.95. The molecule has 0 spiro atoms. The molecule has 1 saturated carbocycles. The van der Waals surface area contributed by atoms with Crippen LogP contribution < -0.4 is 0 Å². The third-order valence-electron chi connectivity index (χ3n) is 4.14. The molecule has 114 valence electrons. The zero-order chi connectivity index (χ0) is 15.4. The van der Waals surface area contributed by atoms with Crippen LogP contribution in [0.4, 0.5) is 0 Å². The summed E-state index contributed by atoms with van der Waals surface area (Å²) in [5.41, 5.74) is 2.39. The fourth-order valence-corrected chi connectivity index (χ4v) is 2.91. The number of ketones is 1. The molecule has 0 aliphatic heterocycles. The Morgan fingerprint density at radius 3 is 2.82 bits per heavy atom. The summed E-state index contributed by atoms with van der Waals surface area (Å²) in [4.78, 5) is 25.0. The molecular formula is C17H20N4O. The molecule has 0 aromatic carbocycles. The maximum absolute atomic E-state index is 12.3. The van der Waals surface area contributed by atoms with Crippen LogP contribution >= 0.6 is 0 Å². The van der Waals surface area contributed by atoms with E-state index >= 15 is 0 Å². The predicted octanol–water partition coefficient (Wildman–Crippen LogP) is 3.04. The van der Waals surface area contributed by atoms with Gasteiger partial charge in [-0.2, -0.15) is 0 Å². The second kappa shape index (κ2) is 6.64. The lowest BCUT2D eigenvalue weighted by molar-refractivity contribution is -0.119. The molecule has 0 bridgehead atoms. The van der Waals surface area contributed by atoms with E-state index in [1.165, 1.54) is 12.7 Å². The lowest BCUT2D eigenvalue weighted by atomic mass is 9.86. The molecule has 0 amide bonds. The van der Waals surface area contributed by atoms with Gasteiger partial charge in [0, 0.05) is 30.9 Å². The van der Waals surface area contributed by atoms with Crippen molar-refractivity contribution in [3.63, 3.8) is 0 Å². The summed E-state index contributed by atoms with van der Waals surface area (Å²) in [7, 11) is 1.92. The molecule has 2 aromatic heterocycles. The summed E-state index contributed by atoms with van der Waals surface area (Å²) in [5.74, 6) is 0.399. The van der Waals surface area contributed by atoms with E-state index in [2.05, 4.69) is 15.0 Å². The van der Waals surface area contributed by atoms with E-state index in [0.29, 0.717) is 0 Å². The van der Waals surface area contributed by atoms with Crippen molar-refractivity contribution in [2.24, 2.45) is 13.0 Å². The smallest absolute Gasteiger partial charge is 0.158 e. The summed E-state index contributed by atoms with van der Waals surface area (Å²) < 4.78 is 1.88. The molecule has 22 heavy (non-hydrogen) atoms. The van der Waals surface area contributed by atoms with E-state index in [1.807, 2.05) is 17.8 Å². The molecule has 0 unspecified atom stereocenters. The zero-order valence-electron chi connectivity index (χ0n) is 12.8. The van der Waals surface area contributed by atoms with Crippen molar-refractivity contribution < 1.29 is 4.79 Å². The normalized spacial score (nSPS) is 16.2. The van der Waals surface area contributed by atoms with Gasteiger partial charge in [-0.1, -0.05) is 19.3 Å². The molecule has 5 nitrogen and oxygen atoms in total. The first-order valence-corrected chi connectivity index (χ1v) is 7.74. The average molecular weight is 296 g/mol. The van der Waals surface area contributed by atoms with Gasteiger partial charge in [0.15, 0.2) is 5.78 Å². The molecule has 1 aliphatic rings. The maximum atomic E-state index is 12.3. The first kappa shape index (κ1) is 14.6. The first-order valence-electron chi connectivity index (χ1n) is 7.74. The van der Waals surface area contributed by atoms with Gasteiger partial charge in [-0.25, -0.2) is 15.0 Å². The number of hydrogen-bond donors (Lipinski definition) is 0. The summed E-state index contributed by atoms with van der Waals surface area (Å²) >= 11 is 0. The highest BCUT2D eigenvalue weighted by atomic mass is 16.1. The van der Waals surface area contributed by atoms with Gasteiger partial charge in [-0.15, -0.1) is 0 Å². The topological polar surface area (TPSA) is 60.7 Å². The van der Waals surface area contributed by atoms with E-state index in [9.17, 15) is 4.79 Å². The van der Waals surface area contributed by atoms with E-state index in [0.717, 1.165) is 42.6 Å². The Kier molecular flexibility index (Phi) is 4.42. The molecule has 1 aliphatic carbocycles. The lowest BCUT2D eigenvalue weighted by Gasteiger charge is -2.18. The number of hydrogen-bond acceptors (Lipinski definition) is 4. The third-order valence-corrected chi connectivity index (χ3v) is 4.14. The summed E-state index contributed by atoms with van der Waals surface area (Å²) in [6, 6.07) is 0. The third kappa shape index (κ3) is 3.30. The van der Waals surface area contributed by atoms with Crippen LogP contribution in [0.15, 0.2) is 31.1 Å². The largest absolute Gasteiger partial charge is 0.340 e. The lowest BCUT2D eigenvalue weighted by Crippen LogP contribution is -2.15. The molecule has 3 rings (SSSR count). The predicted molar refractivity (Wildman–Crippen MR) is 84.9 cm³/mol. The van der Waals surface area contributed by atoms with Crippen molar-refractivity contribution in [2.75, 3.05) is 0 Å². The van der Waals surface area contributed by atoms with Crippen LogP contribution in [0.5, 0.6) is 0 Å². The van der Waals surface area contributed by atoms with Crippen molar-refractivity contribution in [3.05, 3.63) is 36.8 Å². The van der Waals surface area contributed by atoms with Crippen LogP contribution in [0.25, 0.3) is 17.3 Å². The van der Waals surface area contributed by atoms with Gasteiger partial charge in [0.1, 0.15) is 6.33 Å². The Bertz CT molecular complexity index is 683. The fourth-order valence-electron chi connectivity index (χ4n) is 2.91. The average Bonchev–Trinajstić information content (AvgIpc) is 3.00. The maximum Gasteiger partial charge on any atom is 0.158 e. The molecular weight excluding hydrogens is 276 g/mol. The van der Waals surface area contributed by atoms with Crippen LogP contribution in [0, 0.1) is 5.92 Å². The van der Waals surface area contributed by atoms with Crippen LogP contribution in [0.1, 0.15) is 37.8 Å². The van der Waals surface area contributed by atoms with Crippen molar-refractivity contribution in [1.82, 2.24) is 19.5 Å². The van der Waals surface area contributed by atoms with Crippen molar-refractivity contribution in [2.45, 2.75) is 32.1 Å². The molecule has 0 N–H and O–H groups in total. The van der Waals surface area contributed by atoms with Crippen LogP contribution in [0.3, 0.4) is 0 Å². The number of allylic oxidation sites excluding steroid dienone is 1. The SMILES string of the molecule is Cn1cnc(-c2cncnc2/C=C/C(=O)C2CCCCC2)c1. The fraction of sp³-hybridized carbons (Fsp3) is 0.412. The number of rotatable bonds is 4. The van der Waals surface area contributed by atoms with E-state index in [-0.39, 0.29) is 11.7 Å². The van der Waals surface area contributed by atoms with Gasteiger partial charge in [0.2, 0.25) is 0 Å². The first-order chi connectivity index (χ1) is 10.7. The number of nitrogens with zero attached hydrogens (tertiary/aromatic N) is 4. The molecule has 0 radical (unpaired) electrons. The van der Waals surface area contributed by atoms with E-state index in [1.54, 1.807) is 24.7 Å². The summed E-state index contributed by atoms with van der Waals surface area (Å²) in [6.07, 6.45) is 16.0. The Morgan fingerprint density at radius 1 is 1.27 bits per heavy atom. The number of imidazole rings is 1. The number of carbonyl (C=O) groups excluding carboxylic acids is 1. The molecule has 0 saturated heterocycles. The van der Waals surface area contributed by atoms with Crippen LogP contribution in [-0.2, 0) is 11.8 Å². The van der Waals surface area contributed by atoms with Crippen LogP contribution in [-0.4, -0.2) is 25.3 Å².